The predicted molar refractivity (Wildman–Crippen MR) is 92.7 cm³/mol. The second-order valence-corrected chi connectivity index (χ2v) is 5.75. The van der Waals surface area contributed by atoms with Crippen LogP contribution in [0, 0.1) is 5.82 Å². The molecule has 1 N–H and O–H groups in total. The Kier molecular flexibility index (Phi) is 5.45. The van der Waals surface area contributed by atoms with Crippen molar-refractivity contribution in [2.24, 2.45) is 0 Å². The summed E-state index contributed by atoms with van der Waals surface area (Å²) in [6.07, 6.45) is 1.60. The molecule has 0 radical (unpaired) electrons. The maximum absolute atomic E-state index is 13.4. The van der Waals surface area contributed by atoms with Crippen LogP contribution in [0.15, 0.2) is 48.6 Å². The smallest absolute Gasteiger partial charge is 0.134 e. The van der Waals surface area contributed by atoms with Gasteiger partial charge in [0.25, 0.3) is 0 Å². The van der Waals surface area contributed by atoms with Crippen LogP contribution in [-0.4, -0.2) is 5.11 Å². The zero-order valence-corrected chi connectivity index (χ0v) is 13.8. The molecule has 0 saturated carbocycles. The summed E-state index contributed by atoms with van der Waals surface area (Å²) in [6.45, 7) is 7.83. The molecular weight excluding hydrogens is 315 g/mol. The van der Waals surface area contributed by atoms with E-state index in [0.29, 0.717) is 16.3 Å². The standard InChI is InChI=1S/C19H18ClFO2/c1-4-14-10-15(21)6-7-16(14)19(12(2)3)23-11-13-5-8-17(20)18(22)9-13/h4-10,22H,1,11H2,2-3H3. The first-order valence-electron chi connectivity index (χ1n) is 7.12. The Bertz CT molecular complexity index is 762. The Morgan fingerprint density at radius 1 is 1.26 bits per heavy atom. The molecule has 2 aromatic carbocycles. The first-order chi connectivity index (χ1) is 10.9. The number of phenolic OH excluding ortho intramolecular Hbond substituents is 1. The second kappa shape index (κ2) is 7.34. The highest BCUT2D eigenvalue weighted by molar-refractivity contribution is 6.32. The van der Waals surface area contributed by atoms with Crippen LogP contribution in [0.25, 0.3) is 11.8 Å². The topological polar surface area (TPSA) is 29.5 Å². The lowest BCUT2D eigenvalue weighted by Crippen LogP contribution is -1.98. The number of rotatable bonds is 5. The van der Waals surface area contributed by atoms with Gasteiger partial charge in [-0.15, -0.1) is 0 Å². The van der Waals surface area contributed by atoms with Crippen molar-refractivity contribution in [3.63, 3.8) is 0 Å². The van der Waals surface area contributed by atoms with Crippen molar-refractivity contribution in [3.8, 4) is 5.75 Å². The molecule has 0 atom stereocenters. The summed E-state index contributed by atoms with van der Waals surface area (Å²) in [5.74, 6) is 0.355. The molecule has 23 heavy (non-hydrogen) atoms. The van der Waals surface area contributed by atoms with Gasteiger partial charge in [-0.1, -0.05) is 30.3 Å². The van der Waals surface area contributed by atoms with Crippen molar-refractivity contribution >= 4 is 23.4 Å². The van der Waals surface area contributed by atoms with E-state index in [9.17, 15) is 9.50 Å². The number of hydrogen-bond acceptors (Lipinski definition) is 2. The van der Waals surface area contributed by atoms with E-state index in [4.69, 9.17) is 16.3 Å². The van der Waals surface area contributed by atoms with Gasteiger partial charge in [-0.25, -0.2) is 4.39 Å². The molecule has 0 aliphatic rings. The second-order valence-electron chi connectivity index (χ2n) is 5.34. The summed E-state index contributed by atoms with van der Waals surface area (Å²) in [5, 5.41) is 9.94. The van der Waals surface area contributed by atoms with Gasteiger partial charge in [0.2, 0.25) is 0 Å². The van der Waals surface area contributed by atoms with Crippen molar-refractivity contribution < 1.29 is 14.2 Å². The number of benzene rings is 2. The monoisotopic (exact) mass is 332 g/mol. The summed E-state index contributed by atoms with van der Waals surface area (Å²) in [7, 11) is 0. The highest BCUT2D eigenvalue weighted by atomic mass is 35.5. The zero-order chi connectivity index (χ0) is 17.0. The Morgan fingerprint density at radius 3 is 2.61 bits per heavy atom. The van der Waals surface area contributed by atoms with Gasteiger partial charge >= 0.3 is 0 Å². The van der Waals surface area contributed by atoms with Crippen LogP contribution >= 0.6 is 11.6 Å². The van der Waals surface area contributed by atoms with Gasteiger partial charge < -0.3 is 9.84 Å². The molecule has 0 amide bonds. The molecule has 120 valence electrons. The third-order valence-corrected chi connectivity index (χ3v) is 3.65. The lowest BCUT2D eigenvalue weighted by Gasteiger charge is -2.15. The van der Waals surface area contributed by atoms with Gasteiger partial charge in [0.1, 0.15) is 23.9 Å². The first-order valence-corrected chi connectivity index (χ1v) is 7.50. The molecule has 0 fully saturated rings. The fourth-order valence-electron chi connectivity index (χ4n) is 2.20. The first kappa shape index (κ1) is 17.1. The molecule has 0 saturated heterocycles. The fourth-order valence-corrected chi connectivity index (χ4v) is 2.32. The third kappa shape index (κ3) is 4.14. The van der Waals surface area contributed by atoms with Crippen molar-refractivity contribution in [1.82, 2.24) is 0 Å². The number of allylic oxidation sites excluding steroid dienone is 1. The van der Waals surface area contributed by atoms with E-state index in [2.05, 4.69) is 6.58 Å². The number of hydrogen-bond donors (Lipinski definition) is 1. The van der Waals surface area contributed by atoms with Crippen LogP contribution in [0.2, 0.25) is 5.02 Å². The predicted octanol–water partition coefficient (Wildman–Crippen LogP) is 5.80. The molecule has 2 aromatic rings. The quantitative estimate of drug-likeness (QED) is 0.701. The summed E-state index contributed by atoms with van der Waals surface area (Å²) in [6, 6.07) is 9.44. The maximum atomic E-state index is 13.4. The van der Waals surface area contributed by atoms with Crippen molar-refractivity contribution in [1.29, 1.82) is 0 Å². The lowest BCUT2D eigenvalue weighted by molar-refractivity contribution is 0.261. The summed E-state index contributed by atoms with van der Waals surface area (Å²) < 4.78 is 19.3. The minimum Gasteiger partial charge on any atom is -0.506 e. The number of halogens is 2. The summed E-state index contributed by atoms with van der Waals surface area (Å²) >= 11 is 5.80. The van der Waals surface area contributed by atoms with Crippen LogP contribution < -0.4 is 0 Å². The highest BCUT2D eigenvalue weighted by Crippen LogP contribution is 2.28. The number of aromatic hydroxyl groups is 1. The number of phenols is 1. The molecule has 0 aliphatic carbocycles. The summed E-state index contributed by atoms with van der Waals surface area (Å²) in [4.78, 5) is 0. The Hall–Kier alpha value is -2.26. The molecule has 0 unspecified atom stereocenters. The van der Waals surface area contributed by atoms with Gasteiger partial charge in [0, 0.05) is 5.56 Å². The van der Waals surface area contributed by atoms with Crippen LogP contribution in [0.5, 0.6) is 5.75 Å². The lowest BCUT2D eigenvalue weighted by atomic mass is 10.0. The molecule has 2 nitrogen and oxygen atoms in total. The Labute approximate surface area is 140 Å². The SMILES string of the molecule is C=Cc1cc(F)ccc1C(OCc1ccc(Cl)c(O)c1)=C(C)C. The van der Waals surface area contributed by atoms with Crippen LogP contribution in [0.3, 0.4) is 0 Å². The van der Waals surface area contributed by atoms with Gasteiger partial charge in [-0.3, -0.25) is 0 Å². The molecule has 0 aromatic heterocycles. The van der Waals surface area contributed by atoms with Crippen LogP contribution in [-0.2, 0) is 11.3 Å². The zero-order valence-electron chi connectivity index (χ0n) is 13.1. The van der Waals surface area contributed by atoms with Crippen molar-refractivity contribution in [3.05, 3.63) is 76.1 Å². The molecule has 4 heteroatoms. The van der Waals surface area contributed by atoms with E-state index >= 15 is 0 Å². The van der Waals surface area contributed by atoms with Gasteiger partial charge in [0.05, 0.1) is 5.02 Å². The minimum absolute atomic E-state index is 0.0140. The molecule has 2 rings (SSSR count). The molecule has 0 heterocycles. The van der Waals surface area contributed by atoms with E-state index in [1.54, 1.807) is 30.3 Å². The van der Waals surface area contributed by atoms with E-state index in [-0.39, 0.29) is 18.2 Å². The fraction of sp³-hybridized carbons (Fsp3) is 0.158. The Morgan fingerprint density at radius 2 is 2.00 bits per heavy atom. The number of ether oxygens (including phenoxy) is 1. The molecular formula is C19H18ClFO2. The van der Waals surface area contributed by atoms with E-state index in [0.717, 1.165) is 16.7 Å². The van der Waals surface area contributed by atoms with Crippen molar-refractivity contribution in [2.45, 2.75) is 20.5 Å². The van der Waals surface area contributed by atoms with E-state index in [1.807, 2.05) is 13.8 Å². The summed E-state index contributed by atoms with van der Waals surface area (Å²) in [5.41, 5.74) is 3.19. The van der Waals surface area contributed by atoms with Gasteiger partial charge in [-0.05, 0) is 60.9 Å². The normalized spacial score (nSPS) is 10.3. The van der Waals surface area contributed by atoms with Crippen LogP contribution in [0.1, 0.15) is 30.5 Å². The average Bonchev–Trinajstić information content (AvgIpc) is 2.51. The Balaban J connectivity index is 2.29. The third-order valence-electron chi connectivity index (χ3n) is 3.33. The van der Waals surface area contributed by atoms with E-state index < -0.39 is 0 Å². The minimum atomic E-state index is -0.320. The van der Waals surface area contributed by atoms with Gasteiger partial charge in [-0.2, -0.15) is 0 Å². The molecule has 0 aliphatic heterocycles. The molecule has 0 bridgehead atoms. The van der Waals surface area contributed by atoms with Crippen molar-refractivity contribution in [2.75, 3.05) is 0 Å². The van der Waals surface area contributed by atoms with Gasteiger partial charge in [0.15, 0.2) is 0 Å². The van der Waals surface area contributed by atoms with Crippen LogP contribution in [0.4, 0.5) is 4.39 Å². The highest BCUT2D eigenvalue weighted by Gasteiger charge is 2.11. The van der Waals surface area contributed by atoms with E-state index in [1.165, 1.54) is 12.1 Å². The molecule has 0 spiro atoms. The maximum Gasteiger partial charge on any atom is 0.134 e. The average molecular weight is 333 g/mol. The largest absolute Gasteiger partial charge is 0.506 e.